The lowest BCUT2D eigenvalue weighted by Gasteiger charge is -2.18. The Morgan fingerprint density at radius 2 is 1.75 bits per heavy atom. The van der Waals surface area contributed by atoms with E-state index < -0.39 is 0 Å². The van der Waals surface area contributed by atoms with Crippen molar-refractivity contribution in [1.29, 1.82) is 0 Å². The van der Waals surface area contributed by atoms with Gasteiger partial charge in [0.15, 0.2) is 0 Å². The van der Waals surface area contributed by atoms with E-state index in [2.05, 4.69) is 45.1 Å². The van der Waals surface area contributed by atoms with Crippen LogP contribution in [0.4, 0.5) is 0 Å². The molecular formula is C14H23NO. The molecule has 0 aliphatic carbocycles. The topological polar surface area (TPSA) is 21.3 Å². The van der Waals surface area contributed by atoms with Crippen LogP contribution < -0.4 is 10.1 Å². The Labute approximate surface area is 99.0 Å². The average Bonchev–Trinajstić information content (AvgIpc) is 2.19. The molecule has 2 heteroatoms. The molecule has 0 spiro atoms. The number of hydrogen-bond donors (Lipinski definition) is 1. The van der Waals surface area contributed by atoms with E-state index >= 15 is 0 Å². The number of ether oxygens (including phenoxy) is 1. The molecule has 16 heavy (non-hydrogen) atoms. The SMILES string of the molecule is Cc1ccc(OCCNCC(C)(C)C)cc1. The number of rotatable bonds is 5. The fourth-order valence-corrected chi connectivity index (χ4v) is 1.34. The molecular weight excluding hydrogens is 198 g/mol. The van der Waals surface area contributed by atoms with Gasteiger partial charge in [-0.3, -0.25) is 0 Å². The first kappa shape index (κ1) is 13.0. The molecule has 0 amide bonds. The monoisotopic (exact) mass is 221 g/mol. The number of aryl methyl sites for hydroxylation is 1. The molecule has 1 rings (SSSR count). The van der Waals surface area contributed by atoms with Crippen LogP contribution in [0.2, 0.25) is 0 Å². The fourth-order valence-electron chi connectivity index (χ4n) is 1.34. The van der Waals surface area contributed by atoms with Crippen molar-refractivity contribution in [1.82, 2.24) is 5.32 Å². The van der Waals surface area contributed by atoms with E-state index in [0.29, 0.717) is 5.41 Å². The number of nitrogens with one attached hydrogen (secondary N) is 1. The second-order valence-corrected chi connectivity index (χ2v) is 5.40. The van der Waals surface area contributed by atoms with Crippen molar-refractivity contribution in [2.24, 2.45) is 5.41 Å². The molecule has 0 saturated carbocycles. The summed E-state index contributed by atoms with van der Waals surface area (Å²) in [5.41, 5.74) is 1.60. The molecule has 0 heterocycles. The first-order valence-corrected chi connectivity index (χ1v) is 5.87. The van der Waals surface area contributed by atoms with Crippen LogP contribution in [0.3, 0.4) is 0 Å². The minimum Gasteiger partial charge on any atom is -0.492 e. The molecule has 0 fully saturated rings. The Kier molecular flexibility index (Phi) is 4.81. The van der Waals surface area contributed by atoms with Crippen LogP contribution in [0.5, 0.6) is 5.75 Å². The molecule has 0 saturated heterocycles. The summed E-state index contributed by atoms with van der Waals surface area (Å²) >= 11 is 0. The van der Waals surface area contributed by atoms with E-state index in [9.17, 15) is 0 Å². The van der Waals surface area contributed by atoms with Gasteiger partial charge in [0.05, 0.1) is 0 Å². The van der Waals surface area contributed by atoms with Crippen LogP contribution in [-0.4, -0.2) is 19.7 Å². The van der Waals surface area contributed by atoms with Crippen LogP contribution in [-0.2, 0) is 0 Å². The molecule has 0 unspecified atom stereocenters. The minimum atomic E-state index is 0.337. The van der Waals surface area contributed by atoms with Crippen LogP contribution in [0.15, 0.2) is 24.3 Å². The lowest BCUT2D eigenvalue weighted by atomic mass is 9.97. The summed E-state index contributed by atoms with van der Waals surface area (Å²) in [7, 11) is 0. The Hall–Kier alpha value is -1.02. The van der Waals surface area contributed by atoms with Crippen molar-refractivity contribution in [2.75, 3.05) is 19.7 Å². The summed E-state index contributed by atoms with van der Waals surface area (Å²) in [6, 6.07) is 8.16. The molecule has 0 aromatic heterocycles. The Bertz CT molecular complexity index is 298. The summed E-state index contributed by atoms with van der Waals surface area (Å²) in [5, 5.41) is 3.38. The highest BCUT2D eigenvalue weighted by Gasteiger charge is 2.08. The zero-order chi connectivity index (χ0) is 12.0. The van der Waals surface area contributed by atoms with Crippen LogP contribution in [0.25, 0.3) is 0 Å². The predicted molar refractivity (Wildman–Crippen MR) is 69.0 cm³/mol. The molecule has 0 aliphatic heterocycles. The van der Waals surface area contributed by atoms with Crippen molar-refractivity contribution in [3.8, 4) is 5.75 Å². The van der Waals surface area contributed by atoms with Crippen molar-refractivity contribution >= 4 is 0 Å². The second-order valence-electron chi connectivity index (χ2n) is 5.40. The van der Waals surface area contributed by atoms with Crippen LogP contribution in [0, 0.1) is 12.3 Å². The Balaban J connectivity index is 2.14. The van der Waals surface area contributed by atoms with Gasteiger partial charge in [0.2, 0.25) is 0 Å². The normalized spacial score (nSPS) is 11.5. The van der Waals surface area contributed by atoms with Gasteiger partial charge in [-0.1, -0.05) is 38.5 Å². The van der Waals surface area contributed by atoms with Crippen molar-refractivity contribution in [3.63, 3.8) is 0 Å². The molecule has 0 radical (unpaired) electrons. The Morgan fingerprint density at radius 3 is 2.31 bits per heavy atom. The highest BCUT2D eigenvalue weighted by molar-refractivity contribution is 5.26. The second kappa shape index (κ2) is 5.90. The summed E-state index contributed by atoms with van der Waals surface area (Å²) in [6.07, 6.45) is 0. The molecule has 90 valence electrons. The predicted octanol–water partition coefficient (Wildman–Crippen LogP) is 3.01. The van der Waals surface area contributed by atoms with E-state index in [-0.39, 0.29) is 0 Å². The van der Waals surface area contributed by atoms with Crippen molar-refractivity contribution in [2.45, 2.75) is 27.7 Å². The molecule has 0 aliphatic rings. The largest absolute Gasteiger partial charge is 0.492 e. The van der Waals surface area contributed by atoms with Gasteiger partial charge in [-0.25, -0.2) is 0 Å². The third-order valence-electron chi connectivity index (χ3n) is 2.22. The minimum absolute atomic E-state index is 0.337. The zero-order valence-electron chi connectivity index (χ0n) is 10.8. The first-order chi connectivity index (χ1) is 7.47. The molecule has 1 aromatic rings. The standard InChI is InChI=1S/C14H23NO/c1-12-5-7-13(8-6-12)16-10-9-15-11-14(2,3)4/h5-8,15H,9-11H2,1-4H3. The average molecular weight is 221 g/mol. The molecule has 2 nitrogen and oxygen atoms in total. The summed E-state index contributed by atoms with van der Waals surface area (Å²) in [4.78, 5) is 0. The number of benzene rings is 1. The third-order valence-corrected chi connectivity index (χ3v) is 2.22. The van der Waals surface area contributed by atoms with Gasteiger partial charge in [0, 0.05) is 13.1 Å². The van der Waals surface area contributed by atoms with Gasteiger partial charge in [0.1, 0.15) is 12.4 Å². The van der Waals surface area contributed by atoms with E-state index in [1.54, 1.807) is 0 Å². The maximum Gasteiger partial charge on any atom is 0.119 e. The summed E-state index contributed by atoms with van der Waals surface area (Å²) in [5.74, 6) is 0.947. The van der Waals surface area contributed by atoms with Gasteiger partial charge in [-0.2, -0.15) is 0 Å². The van der Waals surface area contributed by atoms with Gasteiger partial charge in [-0.05, 0) is 24.5 Å². The Morgan fingerprint density at radius 1 is 1.12 bits per heavy atom. The van der Waals surface area contributed by atoms with E-state index in [1.165, 1.54) is 5.56 Å². The van der Waals surface area contributed by atoms with E-state index in [1.807, 2.05) is 12.1 Å². The lowest BCUT2D eigenvalue weighted by Crippen LogP contribution is -2.30. The van der Waals surface area contributed by atoms with E-state index in [0.717, 1.165) is 25.4 Å². The molecule has 1 N–H and O–H groups in total. The fraction of sp³-hybridized carbons (Fsp3) is 0.571. The first-order valence-electron chi connectivity index (χ1n) is 5.87. The maximum absolute atomic E-state index is 5.61. The quantitative estimate of drug-likeness (QED) is 0.772. The zero-order valence-corrected chi connectivity index (χ0v) is 10.8. The van der Waals surface area contributed by atoms with Gasteiger partial charge >= 0.3 is 0 Å². The van der Waals surface area contributed by atoms with Gasteiger partial charge in [0.25, 0.3) is 0 Å². The number of hydrogen-bond acceptors (Lipinski definition) is 2. The van der Waals surface area contributed by atoms with Gasteiger partial charge in [-0.15, -0.1) is 0 Å². The third kappa shape index (κ3) is 5.76. The van der Waals surface area contributed by atoms with Crippen LogP contribution in [0.1, 0.15) is 26.3 Å². The maximum atomic E-state index is 5.61. The van der Waals surface area contributed by atoms with Crippen molar-refractivity contribution in [3.05, 3.63) is 29.8 Å². The summed E-state index contributed by atoms with van der Waals surface area (Å²) in [6.45, 7) is 11.4. The smallest absolute Gasteiger partial charge is 0.119 e. The highest BCUT2D eigenvalue weighted by Crippen LogP contribution is 2.11. The van der Waals surface area contributed by atoms with Gasteiger partial charge < -0.3 is 10.1 Å². The van der Waals surface area contributed by atoms with Crippen LogP contribution >= 0.6 is 0 Å². The molecule has 0 bridgehead atoms. The highest BCUT2D eigenvalue weighted by atomic mass is 16.5. The van der Waals surface area contributed by atoms with Crippen molar-refractivity contribution < 1.29 is 4.74 Å². The molecule has 0 atom stereocenters. The molecule has 1 aromatic carbocycles. The lowest BCUT2D eigenvalue weighted by molar-refractivity contribution is 0.297. The summed E-state index contributed by atoms with van der Waals surface area (Å²) < 4.78 is 5.61. The van der Waals surface area contributed by atoms with E-state index in [4.69, 9.17) is 4.74 Å².